The molecule has 0 heterocycles. The second-order valence-corrected chi connectivity index (χ2v) is 6.12. The zero-order valence-corrected chi connectivity index (χ0v) is 12.4. The smallest absolute Gasteiger partial charge is 0.0123 e. The van der Waals surface area contributed by atoms with Crippen molar-refractivity contribution in [3.8, 4) is 0 Å². The SMILES string of the molecule is CCC(C)(C)NCCN(C)C(C)CC(C)C. The molecule has 1 unspecified atom stereocenters. The van der Waals surface area contributed by atoms with Crippen LogP contribution in [-0.4, -0.2) is 36.6 Å². The Kier molecular flexibility index (Phi) is 7.25. The molecule has 0 aromatic carbocycles. The molecule has 1 atom stereocenters. The van der Waals surface area contributed by atoms with E-state index in [2.05, 4.69) is 58.8 Å². The van der Waals surface area contributed by atoms with E-state index >= 15 is 0 Å². The molecule has 0 saturated carbocycles. The maximum atomic E-state index is 3.61. The summed E-state index contributed by atoms with van der Waals surface area (Å²) in [5.74, 6) is 0.789. The van der Waals surface area contributed by atoms with Gasteiger partial charge in [-0.15, -0.1) is 0 Å². The van der Waals surface area contributed by atoms with Gasteiger partial charge < -0.3 is 10.2 Å². The van der Waals surface area contributed by atoms with Crippen LogP contribution in [-0.2, 0) is 0 Å². The highest BCUT2D eigenvalue weighted by atomic mass is 15.1. The first kappa shape index (κ1) is 15.9. The Hall–Kier alpha value is -0.0800. The van der Waals surface area contributed by atoms with Crippen LogP contribution in [0.3, 0.4) is 0 Å². The van der Waals surface area contributed by atoms with E-state index in [9.17, 15) is 0 Å². The van der Waals surface area contributed by atoms with Crippen LogP contribution in [0.4, 0.5) is 0 Å². The standard InChI is InChI=1S/C14H32N2/c1-8-14(5,6)15-9-10-16(7)13(4)11-12(2)3/h12-13,15H,8-11H2,1-7H3. The van der Waals surface area contributed by atoms with Gasteiger partial charge in [0.05, 0.1) is 0 Å². The van der Waals surface area contributed by atoms with E-state index in [1.54, 1.807) is 0 Å². The van der Waals surface area contributed by atoms with Crippen LogP contribution < -0.4 is 5.32 Å². The summed E-state index contributed by atoms with van der Waals surface area (Å²) >= 11 is 0. The zero-order chi connectivity index (χ0) is 12.8. The highest BCUT2D eigenvalue weighted by Crippen LogP contribution is 2.10. The molecule has 0 aromatic heterocycles. The Balaban J connectivity index is 3.76. The Bertz CT molecular complexity index is 176. The molecular formula is C14H32N2. The Morgan fingerprint density at radius 2 is 1.75 bits per heavy atom. The maximum absolute atomic E-state index is 3.61. The molecule has 1 N–H and O–H groups in total. The van der Waals surface area contributed by atoms with Crippen LogP contribution in [0.5, 0.6) is 0 Å². The minimum absolute atomic E-state index is 0.280. The second kappa shape index (κ2) is 7.29. The number of hydrogen-bond acceptors (Lipinski definition) is 2. The predicted octanol–water partition coefficient (Wildman–Crippen LogP) is 3.13. The molecule has 0 fully saturated rings. The summed E-state index contributed by atoms with van der Waals surface area (Å²) < 4.78 is 0. The van der Waals surface area contributed by atoms with Crippen molar-refractivity contribution in [3.63, 3.8) is 0 Å². The van der Waals surface area contributed by atoms with E-state index in [4.69, 9.17) is 0 Å². The number of rotatable bonds is 8. The van der Waals surface area contributed by atoms with Crippen molar-refractivity contribution < 1.29 is 0 Å². The molecule has 2 nitrogen and oxygen atoms in total. The molecular weight excluding hydrogens is 196 g/mol. The van der Waals surface area contributed by atoms with Gasteiger partial charge in [-0.2, -0.15) is 0 Å². The largest absolute Gasteiger partial charge is 0.311 e. The lowest BCUT2D eigenvalue weighted by Crippen LogP contribution is -2.44. The van der Waals surface area contributed by atoms with Crippen molar-refractivity contribution in [2.24, 2.45) is 5.92 Å². The normalized spacial score (nSPS) is 14.8. The first-order valence-electron chi connectivity index (χ1n) is 6.73. The van der Waals surface area contributed by atoms with Gasteiger partial charge in [-0.1, -0.05) is 20.8 Å². The van der Waals surface area contributed by atoms with E-state index < -0.39 is 0 Å². The third-order valence-electron chi connectivity index (χ3n) is 3.52. The van der Waals surface area contributed by atoms with Crippen molar-refractivity contribution >= 4 is 0 Å². The summed E-state index contributed by atoms with van der Waals surface area (Å²) in [6, 6.07) is 0.687. The quantitative estimate of drug-likeness (QED) is 0.686. The first-order chi connectivity index (χ1) is 7.28. The van der Waals surface area contributed by atoms with Gasteiger partial charge >= 0.3 is 0 Å². The molecule has 0 rings (SSSR count). The molecule has 98 valence electrons. The lowest BCUT2D eigenvalue weighted by molar-refractivity contribution is 0.219. The molecule has 16 heavy (non-hydrogen) atoms. The van der Waals surface area contributed by atoms with Crippen molar-refractivity contribution in [1.29, 1.82) is 0 Å². The third-order valence-corrected chi connectivity index (χ3v) is 3.52. The van der Waals surface area contributed by atoms with Crippen molar-refractivity contribution in [3.05, 3.63) is 0 Å². The molecule has 0 aliphatic heterocycles. The fourth-order valence-corrected chi connectivity index (χ4v) is 1.78. The fourth-order valence-electron chi connectivity index (χ4n) is 1.78. The molecule has 0 amide bonds. The average Bonchev–Trinajstić information content (AvgIpc) is 2.16. The Morgan fingerprint density at radius 1 is 1.19 bits per heavy atom. The van der Waals surface area contributed by atoms with Gasteiger partial charge in [0.15, 0.2) is 0 Å². The van der Waals surface area contributed by atoms with Crippen LogP contribution >= 0.6 is 0 Å². The van der Waals surface area contributed by atoms with Gasteiger partial charge in [0, 0.05) is 24.7 Å². The van der Waals surface area contributed by atoms with Crippen LogP contribution in [0.1, 0.15) is 54.4 Å². The number of hydrogen-bond donors (Lipinski definition) is 1. The maximum Gasteiger partial charge on any atom is 0.0123 e. The van der Waals surface area contributed by atoms with Crippen LogP contribution in [0.15, 0.2) is 0 Å². The molecule has 0 aliphatic carbocycles. The lowest BCUT2D eigenvalue weighted by Gasteiger charge is -2.29. The summed E-state index contributed by atoms with van der Waals surface area (Å²) in [7, 11) is 2.23. The Morgan fingerprint density at radius 3 is 2.19 bits per heavy atom. The third kappa shape index (κ3) is 7.24. The lowest BCUT2D eigenvalue weighted by atomic mass is 10.0. The summed E-state index contributed by atoms with van der Waals surface area (Å²) in [5, 5.41) is 3.61. The highest BCUT2D eigenvalue weighted by molar-refractivity contribution is 4.76. The number of nitrogens with zero attached hydrogens (tertiary/aromatic N) is 1. The number of likely N-dealkylation sites (N-methyl/N-ethyl adjacent to an activating group) is 1. The molecule has 0 aliphatic rings. The van der Waals surface area contributed by atoms with Crippen molar-refractivity contribution in [2.45, 2.75) is 66.0 Å². The van der Waals surface area contributed by atoms with Gasteiger partial charge in [0.1, 0.15) is 0 Å². The summed E-state index contributed by atoms with van der Waals surface area (Å²) in [5.41, 5.74) is 0.280. The summed E-state index contributed by atoms with van der Waals surface area (Å²) in [6.07, 6.45) is 2.46. The predicted molar refractivity (Wildman–Crippen MR) is 73.9 cm³/mol. The fraction of sp³-hybridized carbons (Fsp3) is 1.00. The minimum atomic E-state index is 0.280. The Labute approximate surface area is 103 Å². The first-order valence-corrected chi connectivity index (χ1v) is 6.73. The van der Waals surface area contributed by atoms with Crippen LogP contribution in [0.25, 0.3) is 0 Å². The van der Waals surface area contributed by atoms with Gasteiger partial charge in [0.2, 0.25) is 0 Å². The topological polar surface area (TPSA) is 15.3 Å². The average molecular weight is 228 g/mol. The molecule has 0 bridgehead atoms. The molecule has 0 aromatic rings. The van der Waals surface area contributed by atoms with Crippen LogP contribution in [0, 0.1) is 5.92 Å². The van der Waals surface area contributed by atoms with Gasteiger partial charge in [-0.05, 0) is 46.6 Å². The second-order valence-electron chi connectivity index (χ2n) is 6.12. The summed E-state index contributed by atoms with van der Waals surface area (Å²) in [6.45, 7) is 15.9. The zero-order valence-electron chi connectivity index (χ0n) is 12.4. The van der Waals surface area contributed by atoms with E-state index in [1.165, 1.54) is 12.8 Å². The van der Waals surface area contributed by atoms with Gasteiger partial charge in [-0.3, -0.25) is 0 Å². The van der Waals surface area contributed by atoms with Crippen molar-refractivity contribution in [2.75, 3.05) is 20.1 Å². The van der Waals surface area contributed by atoms with Gasteiger partial charge in [-0.25, -0.2) is 0 Å². The van der Waals surface area contributed by atoms with Crippen molar-refractivity contribution in [1.82, 2.24) is 10.2 Å². The molecule has 0 spiro atoms. The molecule has 0 saturated heterocycles. The van der Waals surface area contributed by atoms with E-state index in [0.717, 1.165) is 19.0 Å². The van der Waals surface area contributed by atoms with Gasteiger partial charge in [0.25, 0.3) is 0 Å². The molecule has 2 heteroatoms. The number of nitrogens with one attached hydrogen (secondary N) is 1. The van der Waals surface area contributed by atoms with E-state index in [-0.39, 0.29) is 5.54 Å². The highest BCUT2D eigenvalue weighted by Gasteiger charge is 2.15. The minimum Gasteiger partial charge on any atom is -0.311 e. The van der Waals surface area contributed by atoms with Crippen LogP contribution in [0.2, 0.25) is 0 Å². The molecule has 0 radical (unpaired) electrons. The summed E-state index contributed by atoms with van der Waals surface area (Å²) in [4.78, 5) is 2.46. The monoisotopic (exact) mass is 228 g/mol. The van der Waals surface area contributed by atoms with E-state index in [0.29, 0.717) is 6.04 Å². The van der Waals surface area contributed by atoms with E-state index in [1.807, 2.05) is 0 Å².